The van der Waals surface area contributed by atoms with E-state index in [0.717, 1.165) is 10.9 Å². The van der Waals surface area contributed by atoms with Crippen LogP contribution < -0.4 is 0 Å². The van der Waals surface area contributed by atoms with Gasteiger partial charge in [0.15, 0.2) is 11.3 Å². The number of amides is 1. The summed E-state index contributed by atoms with van der Waals surface area (Å²) in [6.07, 6.45) is 1.24. The highest BCUT2D eigenvalue weighted by molar-refractivity contribution is 9.10. The minimum Gasteiger partial charge on any atom is -0.479 e. The van der Waals surface area contributed by atoms with Crippen LogP contribution in [0.1, 0.15) is 50.5 Å². The van der Waals surface area contributed by atoms with Gasteiger partial charge in [-0.05, 0) is 57.7 Å². The van der Waals surface area contributed by atoms with Crippen molar-refractivity contribution in [2.75, 3.05) is 0 Å². The fourth-order valence-corrected chi connectivity index (χ4v) is 4.48. The van der Waals surface area contributed by atoms with Crippen LogP contribution in [0.2, 0.25) is 0 Å². The Labute approximate surface area is 181 Å². The Morgan fingerprint density at radius 3 is 2.70 bits per heavy atom. The monoisotopic (exact) mass is 475 g/mol. The Morgan fingerprint density at radius 1 is 1.30 bits per heavy atom. The fourth-order valence-electron chi connectivity index (χ4n) is 4.14. The Kier molecular flexibility index (Phi) is 4.84. The average Bonchev–Trinajstić information content (AvgIpc) is 3.29. The maximum Gasteiger partial charge on any atom is 0.411 e. The van der Waals surface area contributed by atoms with Crippen molar-refractivity contribution < 1.29 is 24.2 Å². The summed E-state index contributed by atoms with van der Waals surface area (Å²) in [6, 6.07) is 5.10. The molecule has 1 aliphatic carbocycles. The van der Waals surface area contributed by atoms with E-state index in [4.69, 9.17) is 4.74 Å². The quantitative estimate of drug-likeness (QED) is 0.669. The summed E-state index contributed by atoms with van der Waals surface area (Å²) in [5.41, 5.74) is -1.17. The minimum atomic E-state index is -1.64. The van der Waals surface area contributed by atoms with E-state index >= 15 is 0 Å². The van der Waals surface area contributed by atoms with Crippen LogP contribution in [0, 0.1) is 5.92 Å². The number of fused-ring (bicyclic) bond motifs is 2. The number of carbonyl (C=O) groups excluding carboxylic acids is 2. The van der Waals surface area contributed by atoms with Crippen molar-refractivity contribution in [1.82, 2.24) is 14.9 Å². The van der Waals surface area contributed by atoms with Gasteiger partial charge in [-0.2, -0.15) is 0 Å². The number of nitrogens with zero attached hydrogens (tertiary/aromatic N) is 3. The number of Topliss-reactive ketones (excluding diaryl/α,β-unsaturated/α-hetero) is 1. The van der Waals surface area contributed by atoms with Gasteiger partial charge in [-0.15, -0.1) is 0 Å². The maximum atomic E-state index is 13.0. The Hall–Kier alpha value is -2.55. The molecule has 4 rings (SSSR count). The highest BCUT2D eigenvalue weighted by Crippen LogP contribution is 2.54. The molecule has 0 unspecified atom stereocenters. The smallest absolute Gasteiger partial charge is 0.411 e. The zero-order valence-corrected chi connectivity index (χ0v) is 18.5. The second-order valence-corrected chi connectivity index (χ2v) is 9.86. The third-order valence-corrected chi connectivity index (χ3v) is 6.00. The molecular formula is C21H22BrN3O5. The number of hydrogen-bond donors (Lipinski definition) is 1. The highest BCUT2D eigenvalue weighted by atomic mass is 79.9. The Bertz CT molecular complexity index is 1070. The zero-order valence-electron chi connectivity index (χ0n) is 16.9. The van der Waals surface area contributed by atoms with Gasteiger partial charge in [-0.1, -0.05) is 15.9 Å². The van der Waals surface area contributed by atoms with Crippen molar-refractivity contribution >= 4 is 44.8 Å². The molecular weight excluding hydrogens is 454 g/mol. The van der Waals surface area contributed by atoms with Crippen LogP contribution in [0.5, 0.6) is 0 Å². The van der Waals surface area contributed by atoms with E-state index in [2.05, 4.69) is 25.9 Å². The van der Waals surface area contributed by atoms with Gasteiger partial charge in [0.2, 0.25) is 0 Å². The highest BCUT2D eigenvalue weighted by Gasteiger charge is 2.66. The molecule has 1 aromatic heterocycles. The standard InChI is InChI=1S/C21H22BrN3O5/c1-20(2,3)30-19(29)25-16-6-11(16)8-21(25,18(27)28)9-17(26)15-10-23-14-7-12(22)4-5-13(14)24-15/h4-5,7,10-11,16H,6,8-9H2,1-3H3,(H,27,28)/t11-,16-,21-/m1/s1. The molecule has 8 nitrogen and oxygen atoms in total. The van der Waals surface area contributed by atoms with Crippen LogP contribution in [-0.2, 0) is 9.53 Å². The van der Waals surface area contributed by atoms with Crippen molar-refractivity contribution in [3.63, 3.8) is 0 Å². The van der Waals surface area contributed by atoms with E-state index in [-0.39, 0.29) is 30.5 Å². The summed E-state index contributed by atoms with van der Waals surface area (Å²) in [4.78, 5) is 48.1. The number of likely N-dealkylation sites (tertiary alicyclic amines) is 1. The average molecular weight is 476 g/mol. The normalized spacial score (nSPS) is 25.1. The van der Waals surface area contributed by atoms with Gasteiger partial charge in [0, 0.05) is 16.9 Å². The van der Waals surface area contributed by atoms with Crippen molar-refractivity contribution in [1.29, 1.82) is 0 Å². The first kappa shape index (κ1) is 20.7. The van der Waals surface area contributed by atoms with Crippen LogP contribution in [0.4, 0.5) is 4.79 Å². The van der Waals surface area contributed by atoms with Gasteiger partial charge < -0.3 is 9.84 Å². The molecule has 30 heavy (non-hydrogen) atoms. The maximum absolute atomic E-state index is 13.0. The van der Waals surface area contributed by atoms with E-state index < -0.39 is 29.0 Å². The summed E-state index contributed by atoms with van der Waals surface area (Å²) in [7, 11) is 0. The van der Waals surface area contributed by atoms with Gasteiger partial charge in [-0.3, -0.25) is 14.7 Å². The molecule has 2 heterocycles. The van der Waals surface area contributed by atoms with Crippen LogP contribution >= 0.6 is 15.9 Å². The Balaban J connectivity index is 1.64. The number of hydrogen-bond acceptors (Lipinski definition) is 6. The number of carboxylic acid groups (broad SMARTS) is 1. The molecule has 0 radical (unpaired) electrons. The second-order valence-electron chi connectivity index (χ2n) is 8.94. The van der Waals surface area contributed by atoms with Crippen LogP contribution in [0.25, 0.3) is 11.0 Å². The van der Waals surface area contributed by atoms with Crippen molar-refractivity contribution in [3.05, 3.63) is 34.6 Å². The van der Waals surface area contributed by atoms with Gasteiger partial charge in [0.1, 0.15) is 11.3 Å². The number of carboxylic acids is 1. The topological polar surface area (TPSA) is 110 Å². The minimum absolute atomic E-state index is 0.0708. The molecule has 158 valence electrons. The first-order valence-corrected chi connectivity index (χ1v) is 10.5. The number of piperidine rings is 1. The van der Waals surface area contributed by atoms with Crippen molar-refractivity contribution in [2.45, 2.75) is 57.2 Å². The number of rotatable bonds is 4. The molecule has 0 bridgehead atoms. The number of aromatic nitrogens is 2. The van der Waals surface area contributed by atoms with E-state index in [1.54, 1.807) is 39.0 Å². The second kappa shape index (κ2) is 7.01. The van der Waals surface area contributed by atoms with Gasteiger partial charge in [-0.25, -0.2) is 14.6 Å². The third kappa shape index (κ3) is 3.66. The zero-order chi connectivity index (χ0) is 21.8. The Morgan fingerprint density at radius 2 is 2.03 bits per heavy atom. The lowest BCUT2D eigenvalue weighted by Gasteiger charge is -2.37. The predicted octanol–water partition coefficient (Wildman–Crippen LogP) is 3.82. The summed E-state index contributed by atoms with van der Waals surface area (Å²) in [6.45, 7) is 5.17. The number of halogens is 1. The van der Waals surface area contributed by atoms with Crippen molar-refractivity contribution in [2.24, 2.45) is 5.92 Å². The van der Waals surface area contributed by atoms with Gasteiger partial charge in [0.25, 0.3) is 0 Å². The molecule has 1 aliphatic heterocycles. The number of ketones is 1. The molecule has 1 aromatic carbocycles. The molecule has 1 saturated carbocycles. The van der Waals surface area contributed by atoms with E-state index in [1.807, 2.05) is 0 Å². The molecule has 0 spiro atoms. The number of aliphatic carboxylic acids is 1. The van der Waals surface area contributed by atoms with Gasteiger partial charge >= 0.3 is 12.1 Å². The largest absolute Gasteiger partial charge is 0.479 e. The predicted molar refractivity (Wildman–Crippen MR) is 111 cm³/mol. The summed E-state index contributed by atoms with van der Waals surface area (Å²) in [5, 5.41) is 10.1. The summed E-state index contributed by atoms with van der Waals surface area (Å²) in [5.74, 6) is -1.60. The summed E-state index contributed by atoms with van der Waals surface area (Å²) < 4.78 is 6.30. The van der Waals surface area contributed by atoms with Crippen LogP contribution in [0.3, 0.4) is 0 Å². The molecule has 2 aliphatic rings. The molecule has 2 aromatic rings. The molecule has 9 heteroatoms. The lowest BCUT2D eigenvalue weighted by molar-refractivity contribution is -0.150. The van der Waals surface area contributed by atoms with E-state index in [0.29, 0.717) is 11.0 Å². The van der Waals surface area contributed by atoms with E-state index in [1.165, 1.54) is 11.1 Å². The van der Waals surface area contributed by atoms with Crippen LogP contribution in [0.15, 0.2) is 28.9 Å². The molecule has 3 atom stereocenters. The molecule has 2 fully saturated rings. The molecule has 1 saturated heterocycles. The third-order valence-electron chi connectivity index (χ3n) is 5.51. The first-order chi connectivity index (χ1) is 14.0. The molecule has 1 N–H and O–H groups in total. The summed E-state index contributed by atoms with van der Waals surface area (Å²) >= 11 is 3.36. The SMILES string of the molecule is CC(C)(C)OC(=O)N1[C@@H]2C[C@@H]2C[C@@]1(CC(=O)c1cnc2cc(Br)ccc2n1)C(=O)O. The number of ether oxygens (including phenoxy) is 1. The lowest BCUT2D eigenvalue weighted by Crippen LogP contribution is -2.57. The van der Waals surface area contributed by atoms with Gasteiger partial charge in [0.05, 0.1) is 17.2 Å². The number of carbonyl (C=O) groups is 3. The first-order valence-electron chi connectivity index (χ1n) is 9.71. The fraction of sp³-hybridized carbons (Fsp3) is 0.476. The van der Waals surface area contributed by atoms with Crippen LogP contribution in [-0.4, -0.2) is 55.0 Å². The number of benzene rings is 1. The van der Waals surface area contributed by atoms with Crippen molar-refractivity contribution in [3.8, 4) is 0 Å². The molecule has 1 amide bonds. The lowest BCUT2D eigenvalue weighted by atomic mass is 9.87. The van der Waals surface area contributed by atoms with E-state index in [9.17, 15) is 19.5 Å².